The Morgan fingerprint density at radius 3 is 2.44 bits per heavy atom. The number of hydrogen-bond acceptors (Lipinski definition) is 2. The Morgan fingerprint density at radius 1 is 1.44 bits per heavy atom. The minimum atomic E-state index is -0.235. The van der Waals surface area contributed by atoms with E-state index in [1.54, 1.807) is 0 Å². The maximum absolute atomic E-state index is 5.83. The van der Waals surface area contributed by atoms with Gasteiger partial charge in [0.1, 0.15) is 0 Å². The van der Waals surface area contributed by atoms with Crippen LogP contribution < -0.4 is 11.5 Å². The summed E-state index contributed by atoms with van der Waals surface area (Å²) in [5, 5.41) is 0. The molecular formula is C6H13N2Pd. The average Bonchev–Trinajstić information content (AvgIpc) is 1.77. The van der Waals surface area contributed by atoms with Crippen LogP contribution in [0.3, 0.4) is 0 Å². The first kappa shape index (κ1) is 7.69. The fraction of sp³-hybridized carbons (Fsp3) is 1.00. The van der Waals surface area contributed by atoms with E-state index in [0.29, 0.717) is 0 Å². The van der Waals surface area contributed by atoms with Gasteiger partial charge in [0.2, 0.25) is 0 Å². The molecule has 2 unspecified atom stereocenters. The molecule has 1 fully saturated rings. The molecule has 0 bridgehead atoms. The van der Waals surface area contributed by atoms with E-state index in [1.807, 2.05) is 0 Å². The minimum absolute atomic E-state index is 0.161. The van der Waals surface area contributed by atoms with Gasteiger partial charge in [0, 0.05) is 0 Å². The molecule has 0 saturated heterocycles. The average molecular weight is 220 g/mol. The van der Waals surface area contributed by atoms with Crippen molar-refractivity contribution >= 4 is 0 Å². The molecule has 0 radical (unpaired) electrons. The molecule has 2 nitrogen and oxygen atoms in total. The molecule has 1 saturated carbocycles. The Morgan fingerprint density at radius 2 is 2.11 bits per heavy atom. The summed E-state index contributed by atoms with van der Waals surface area (Å²) in [5.74, 6) is 0. The Labute approximate surface area is 66.8 Å². The van der Waals surface area contributed by atoms with Gasteiger partial charge < -0.3 is 0 Å². The SMILES string of the molecule is NC1CCCC[C]1(N)[Pd]. The fourth-order valence-electron chi connectivity index (χ4n) is 1.17. The third kappa shape index (κ3) is 1.75. The molecule has 0 amide bonds. The quantitative estimate of drug-likeness (QED) is 0.568. The first-order valence-electron chi connectivity index (χ1n) is 3.33. The molecule has 57 valence electrons. The molecule has 0 aromatic carbocycles. The van der Waals surface area contributed by atoms with E-state index < -0.39 is 0 Å². The Balaban J connectivity index is 2.49. The number of rotatable bonds is 0. The molecule has 2 atom stereocenters. The molecule has 0 aliphatic heterocycles. The van der Waals surface area contributed by atoms with E-state index in [0.717, 1.165) is 12.8 Å². The summed E-state index contributed by atoms with van der Waals surface area (Å²) in [6.07, 6.45) is 4.54. The van der Waals surface area contributed by atoms with E-state index in [-0.39, 0.29) is 10.1 Å². The second-order valence-electron chi connectivity index (χ2n) is 2.72. The van der Waals surface area contributed by atoms with E-state index in [2.05, 4.69) is 19.2 Å². The molecule has 3 heteroatoms. The van der Waals surface area contributed by atoms with Crippen LogP contribution in [0, 0.1) is 0 Å². The van der Waals surface area contributed by atoms with Crippen molar-refractivity contribution in [2.45, 2.75) is 35.7 Å². The standard InChI is InChI=1S/C6H13N2.Pd/c7-5-3-1-2-4-6(5)8;/h5H,1-4,7-8H2;. The Bertz CT molecular complexity index is 103. The molecule has 4 N–H and O–H groups in total. The van der Waals surface area contributed by atoms with Gasteiger partial charge in [-0.25, -0.2) is 0 Å². The summed E-state index contributed by atoms with van der Waals surface area (Å²) in [6, 6.07) is 0.161. The zero-order chi connectivity index (χ0) is 6.91. The van der Waals surface area contributed by atoms with E-state index >= 15 is 0 Å². The van der Waals surface area contributed by atoms with Crippen LogP contribution in [0.25, 0.3) is 0 Å². The van der Waals surface area contributed by atoms with Crippen LogP contribution in [0.4, 0.5) is 0 Å². The van der Waals surface area contributed by atoms with Crippen molar-refractivity contribution in [1.29, 1.82) is 0 Å². The van der Waals surface area contributed by atoms with Crippen molar-refractivity contribution < 1.29 is 19.2 Å². The van der Waals surface area contributed by atoms with Crippen LogP contribution in [0.1, 0.15) is 25.7 Å². The molecule has 1 rings (SSSR count). The van der Waals surface area contributed by atoms with Crippen molar-refractivity contribution in [3.05, 3.63) is 0 Å². The number of nitrogens with two attached hydrogens (primary N) is 2. The molecule has 1 aliphatic rings. The van der Waals surface area contributed by atoms with Gasteiger partial charge in [-0.3, -0.25) is 0 Å². The van der Waals surface area contributed by atoms with Crippen LogP contribution in [-0.2, 0) is 19.2 Å². The third-order valence-corrected chi connectivity index (χ3v) is 2.87. The summed E-state index contributed by atoms with van der Waals surface area (Å²) in [7, 11) is 0. The topological polar surface area (TPSA) is 52.0 Å². The summed E-state index contributed by atoms with van der Waals surface area (Å²) < 4.78 is -0.235. The van der Waals surface area contributed by atoms with Gasteiger partial charge in [-0.05, 0) is 0 Å². The van der Waals surface area contributed by atoms with Gasteiger partial charge >= 0.3 is 66.4 Å². The number of hydrogen-bond donors (Lipinski definition) is 2. The van der Waals surface area contributed by atoms with Crippen LogP contribution in [0.15, 0.2) is 0 Å². The third-order valence-electron chi connectivity index (χ3n) is 1.90. The molecule has 0 heterocycles. The van der Waals surface area contributed by atoms with Crippen LogP contribution in [0.2, 0.25) is 0 Å². The van der Waals surface area contributed by atoms with Gasteiger partial charge in [-0.2, -0.15) is 0 Å². The predicted octanol–water partition coefficient (Wildman–Crippen LogP) is 0.0895. The molecule has 0 aromatic heterocycles. The predicted molar refractivity (Wildman–Crippen MR) is 33.4 cm³/mol. The molecule has 9 heavy (non-hydrogen) atoms. The molecular weight excluding hydrogens is 206 g/mol. The second-order valence-corrected chi connectivity index (χ2v) is 4.17. The van der Waals surface area contributed by atoms with Crippen LogP contribution >= 0.6 is 0 Å². The maximum atomic E-state index is 5.83. The second kappa shape index (κ2) is 2.67. The fourth-order valence-corrected chi connectivity index (χ4v) is 1.66. The van der Waals surface area contributed by atoms with Crippen molar-refractivity contribution in [1.82, 2.24) is 0 Å². The van der Waals surface area contributed by atoms with E-state index in [4.69, 9.17) is 11.5 Å². The summed E-state index contributed by atoms with van der Waals surface area (Å²) in [4.78, 5) is 0. The molecule has 0 spiro atoms. The van der Waals surface area contributed by atoms with Crippen LogP contribution in [-0.4, -0.2) is 10.1 Å². The van der Waals surface area contributed by atoms with Gasteiger partial charge in [0.05, 0.1) is 0 Å². The van der Waals surface area contributed by atoms with Gasteiger partial charge in [-0.15, -0.1) is 0 Å². The van der Waals surface area contributed by atoms with Crippen molar-refractivity contribution in [2.24, 2.45) is 11.5 Å². The zero-order valence-electron chi connectivity index (χ0n) is 5.38. The van der Waals surface area contributed by atoms with E-state index in [1.165, 1.54) is 12.8 Å². The molecule has 1 aliphatic carbocycles. The van der Waals surface area contributed by atoms with Crippen molar-refractivity contribution in [3.8, 4) is 0 Å². The van der Waals surface area contributed by atoms with Gasteiger partial charge in [0.15, 0.2) is 0 Å². The van der Waals surface area contributed by atoms with Crippen LogP contribution in [0.5, 0.6) is 0 Å². The zero-order valence-corrected chi connectivity index (χ0v) is 6.93. The summed E-state index contributed by atoms with van der Waals surface area (Å²) in [5.41, 5.74) is 11.6. The van der Waals surface area contributed by atoms with Gasteiger partial charge in [0.25, 0.3) is 0 Å². The normalized spacial score (nSPS) is 45.1. The first-order valence-corrected chi connectivity index (χ1v) is 4.11. The Kier molecular flexibility index (Phi) is 2.28. The Hall–Kier alpha value is 0.582. The van der Waals surface area contributed by atoms with Crippen molar-refractivity contribution in [3.63, 3.8) is 0 Å². The first-order chi connectivity index (χ1) is 4.13. The van der Waals surface area contributed by atoms with E-state index in [9.17, 15) is 0 Å². The summed E-state index contributed by atoms with van der Waals surface area (Å²) >= 11 is 3.14. The van der Waals surface area contributed by atoms with Crippen molar-refractivity contribution in [2.75, 3.05) is 0 Å². The summed E-state index contributed by atoms with van der Waals surface area (Å²) in [6.45, 7) is 0. The monoisotopic (exact) mass is 219 g/mol. The molecule has 0 aromatic rings. The van der Waals surface area contributed by atoms with Gasteiger partial charge in [-0.1, -0.05) is 0 Å².